The van der Waals surface area contributed by atoms with Crippen molar-refractivity contribution in [3.05, 3.63) is 33.4 Å². The van der Waals surface area contributed by atoms with E-state index in [1.807, 2.05) is 6.92 Å². The number of fused-ring (bicyclic) bond motifs is 1. The van der Waals surface area contributed by atoms with Crippen LogP contribution in [-0.4, -0.2) is 16.8 Å². The molecule has 0 bridgehead atoms. The molecule has 1 aliphatic rings. The lowest BCUT2D eigenvalue weighted by atomic mass is 9.88. The Hall–Kier alpha value is -1.28. The van der Waals surface area contributed by atoms with Crippen LogP contribution in [-0.2, 0) is 6.42 Å². The first kappa shape index (κ1) is 12.2. The lowest BCUT2D eigenvalue weighted by molar-refractivity contribution is 0.299. The zero-order valence-corrected chi connectivity index (χ0v) is 11.0. The highest BCUT2D eigenvalue weighted by Gasteiger charge is 2.26. The van der Waals surface area contributed by atoms with Gasteiger partial charge in [0.25, 0.3) is 0 Å². The average molecular weight is 232 g/mol. The van der Waals surface area contributed by atoms with Crippen LogP contribution in [0.3, 0.4) is 0 Å². The molecule has 0 amide bonds. The van der Waals surface area contributed by atoms with Crippen molar-refractivity contribution in [3.8, 4) is 5.75 Å². The SMILES string of the molecule is CC1=Cc2c(C)c(CCO)c(C)c(O)c2[C@@H]1C. The highest BCUT2D eigenvalue weighted by atomic mass is 16.3. The number of phenolic OH excluding ortho intramolecular Hbond substituents is 1. The Kier molecular flexibility index (Phi) is 3.00. The van der Waals surface area contributed by atoms with Gasteiger partial charge in [0, 0.05) is 18.1 Å². The van der Waals surface area contributed by atoms with Crippen LogP contribution in [0.1, 0.15) is 47.6 Å². The third kappa shape index (κ3) is 1.67. The van der Waals surface area contributed by atoms with Crippen molar-refractivity contribution < 1.29 is 10.2 Å². The smallest absolute Gasteiger partial charge is 0.123 e. The average Bonchev–Trinajstić information content (AvgIpc) is 2.59. The first-order valence-corrected chi connectivity index (χ1v) is 6.13. The molecule has 0 aliphatic heterocycles. The molecule has 0 heterocycles. The van der Waals surface area contributed by atoms with Crippen LogP contribution in [0.25, 0.3) is 6.08 Å². The standard InChI is InChI=1S/C15H20O2/c1-8-7-13-10(3)12(5-6-16)11(4)15(17)14(13)9(8)2/h7,9,16-17H,5-6H2,1-4H3/t9-/m1/s1. The van der Waals surface area contributed by atoms with E-state index in [2.05, 4.69) is 26.8 Å². The van der Waals surface area contributed by atoms with Gasteiger partial charge in [-0.1, -0.05) is 18.6 Å². The van der Waals surface area contributed by atoms with Crippen molar-refractivity contribution >= 4 is 6.08 Å². The van der Waals surface area contributed by atoms with Crippen LogP contribution >= 0.6 is 0 Å². The largest absolute Gasteiger partial charge is 0.507 e. The molecule has 2 heteroatoms. The minimum Gasteiger partial charge on any atom is -0.507 e. The molecule has 1 aromatic carbocycles. The summed E-state index contributed by atoms with van der Waals surface area (Å²) in [6, 6.07) is 0. The normalized spacial score (nSPS) is 18.2. The molecule has 0 unspecified atom stereocenters. The van der Waals surface area contributed by atoms with Gasteiger partial charge in [-0.2, -0.15) is 0 Å². The summed E-state index contributed by atoms with van der Waals surface area (Å²) in [6.45, 7) is 8.37. The first-order chi connectivity index (χ1) is 7.99. The second-order valence-corrected chi connectivity index (χ2v) is 4.99. The lowest BCUT2D eigenvalue weighted by Crippen LogP contribution is -2.03. The Morgan fingerprint density at radius 2 is 1.82 bits per heavy atom. The van der Waals surface area contributed by atoms with Gasteiger partial charge in [0.05, 0.1) is 0 Å². The zero-order valence-electron chi connectivity index (χ0n) is 11.0. The van der Waals surface area contributed by atoms with Crippen LogP contribution in [0.15, 0.2) is 5.57 Å². The third-order valence-corrected chi connectivity index (χ3v) is 4.06. The van der Waals surface area contributed by atoms with Crippen LogP contribution in [0, 0.1) is 13.8 Å². The number of hydrogen-bond acceptors (Lipinski definition) is 2. The number of aliphatic hydroxyl groups excluding tert-OH is 1. The quantitative estimate of drug-likeness (QED) is 0.822. The molecule has 1 aliphatic carbocycles. The number of aliphatic hydroxyl groups is 1. The molecule has 1 aromatic rings. The summed E-state index contributed by atoms with van der Waals surface area (Å²) in [5.41, 5.74) is 6.71. The first-order valence-electron chi connectivity index (χ1n) is 6.13. The van der Waals surface area contributed by atoms with E-state index in [4.69, 9.17) is 5.11 Å². The second-order valence-electron chi connectivity index (χ2n) is 4.99. The lowest BCUT2D eigenvalue weighted by Gasteiger charge is -2.18. The van der Waals surface area contributed by atoms with Crippen molar-refractivity contribution in [1.82, 2.24) is 0 Å². The molecule has 0 aromatic heterocycles. The van der Waals surface area contributed by atoms with Gasteiger partial charge >= 0.3 is 0 Å². The van der Waals surface area contributed by atoms with E-state index in [0.717, 1.165) is 22.3 Å². The summed E-state index contributed by atoms with van der Waals surface area (Å²) in [7, 11) is 0. The van der Waals surface area contributed by atoms with E-state index in [1.165, 1.54) is 11.1 Å². The van der Waals surface area contributed by atoms with E-state index in [0.29, 0.717) is 18.1 Å². The molecular weight excluding hydrogens is 212 g/mol. The number of benzene rings is 1. The van der Waals surface area contributed by atoms with Gasteiger partial charge in [0.15, 0.2) is 0 Å². The Bertz CT molecular complexity index is 498. The van der Waals surface area contributed by atoms with Crippen molar-refractivity contribution in [1.29, 1.82) is 0 Å². The monoisotopic (exact) mass is 232 g/mol. The van der Waals surface area contributed by atoms with Gasteiger partial charge in [0.1, 0.15) is 5.75 Å². The van der Waals surface area contributed by atoms with Gasteiger partial charge in [-0.15, -0.1) is 0 Å². The molecule has 1 atom stereocenters. The Labute approximate surface area is 103 Å². The maximum Gasteiger partial charge on any atom is 0.123 e. The molecule has 0 spiro atoms. The molecule has 92 valence electrons. The number of hydrogen-bond donors (Lipinski definition) is 2. The van der Waals surface area contributed by atoms with Crippen molar-refractivity contribution in [2.45, 2.75) is 40.0 Å². The van der Waals surface area contributed by atoms with Gasteiger partial charge in [-0.05, 0) is 49.4 Å². The topological polar surface area (TPSA) is 40.5 Å². The van der Waals surface area contributed by atoms with Crippen LogP contribution in [0.4, 0.5) is 0 Å². The molecule has 0 radical (unpaired) electrons. The van der Waals surface area contributed by atoms with Crippen molar-refractivity contribution in [2.75, 3.05) is 6.61 Å². The molecule has 17 heavy (non-hydrogen) atoms. The maximum absolute atomic E-state index is 10.3. The summed E-state index contributed by atoms with van der Waals surface area (Å²) in [4.78, 5) is 0. The Morgan fingerprint density at radius 1 is 1.18 bits per heavy atom. The van der Waals surface area contributed by atoms with Gasteiger partial charge in [0.2, 0.25) is 0 Å². The number of aromatic hydroxyl groups is 1. The fraction of sp³-hybridized carbons (Fsp3) is 0.467. The van der Waals surface area contributed by atoms with Crippen molar-refractivity contribution in [2.24, 2.45) is 0 Å². The minimum absolute atomic E-state index is 0.123. The predicted octanol–water partition coefficient (Wildman–Crippen LogP) is 3.06. The van der Waals surface area contributed by atoms with E-state index >= 15 is 0 Å². The van der Waals surface area contributed by atoms with Gasteiger partial charge in [-0.3, -0.25) is 0 Å². The Balaban J connectivity index is 2.71. The van der Waals surface area contributed by atoms with Crippen LogP contribution < -0.4 is 0 Å². The summed E-state index contributed by atoms with van der Waals surface area (Å²) in [5, 5.41) is 19.4. The number of phenols is 1. The summed E-state index contributed by atoms with van der Waals surface area (Å²) in [5.74, 6) is 0.709. The fourth-order valence-corrected chi connectivity index (χ4v) is 2.81. The van der Waals surface area contributed by atoms with Gasteiger partial charge in [-0.25, -0.2) is 0 Å². The maximum atomic E-state index is 10.3. The molecule has 0 fully saturated rings. The molecule has 2 N–H and O–H groups in total. The van der Waals surface area contributed by atoms with E-state index in [-0.39, 0.29) is 6.61 Å². The summed E-state index contributed by atoms with van der Waals surface area (Å²) >= 11 is 0. The van der Waals surface area contributed by atoms with Crippen molar-refractivity contribution in [3.63, 3.8) is 0 Å². The highest BCUT2D eigenvalue weighted by molar-refractivity contribution is 5.74. The molecule has 0 saturated carbocycles. The predicted molar refractivity (Wildman–Crippen MR) is 70.4 cm³/mol. The highest BCUT2D eigenvalue weighted by Crippen LogP contribution is 2.45. The fourth-order valence-electron chi connectivity index (χ4n) is 2.81. The number of allylic oxidation sites excluding steroid dienone is 1. The van der Waals surface area contributed by atoms with E-state index in [9.17, 15) is 5.11 Å². The molecule has 2 rings (SSSR count). The van der Waals surface area contributed by atoms with Gasteiger partial charge < -0.3 is 10.2 Å². The van der Waals surface area contributed by atoms with Crippen LogP contribution in [0.2, 0.25) is 0 Å². The molecular formula is C15H20O2. The summed E-state index contributed by atoms with van der Waals surface area (Å²) < 4.78 is 0. The van der Waals surface area contributed by atoms with E-state index in [1.54, 1.807) is 0 Å². The zero-order chi connectivity index (χ0) is 12.7. The van der Waals surface area contributed by atoms with E-state index < -0.39 is 0 Å². The second kappa shape index (κ2) is 4.19. The van der Waals surface area contributed by atoms with Crippen LogP contribution in [0.5, 0.6) is 5.75 Å². The third-order valence-electron chi connectivity index (χ3n) is 4.06. The number of rotatable bonds is 2. The minimum atomic E-state index is 0.123. The Morgan fingerprint density at radius 3 is 2.41 bits per heavy atom. The molecule has 2 nitrogen and oxygen atoms in total. The molecule has 0 saturated heterocycles. The summed E-state index contributed by atoms with van der Waals surface area (Å²) in [6.07, 6.45) is 2.77.